The number of para-hydroxylation sites is 1. The van der Waals surface area contributed by atoms with Crippen LogP contribution in [-0.2, 0) is 24.3 Å². The third-order valence-electron chi connectivity index (χ3n) is 4.79. The van der Waals surface area contributed by atoms with Crippen LogP contribution in [0.1, 0.15) is 39.0 Å². The summed E-state index contributed by atoms with van der Waals surface area (Å²) in [6.45, 7) is 1.30. The van der Waals surface area contributed by atoms with E-state index in [4.69, 9.17) is 4.74 Å². The average Bonchev–Trinajstić information content (AvgIpc) is 2.73. The fourth-order valence-corrected chi connectivity index (χ4v) is 4.77. The Bertz CT molecular complexity index is 871. The van der Waals surface area contributed by atoms with Gasteiger partial charge in [0.25, 0.3) is 5.91 Å². The molecule has 1 fully saturated rings. The number of hydrogen-bond acceptors (Lipinski definition) is 5. The molecule has 0 unspecified atom stereocenters. The van der Waals surface area contributed by atoms with Crippen LogP contribution in [0.4, 0.5) is 5.69 Å². The molecular weight excluding hydrogens is 392 g/mol. The highest BCUT2D eigenvalue weighted by molar-refractivity contribution is 7.89. The summed E-state index contributed by atoms with van der Waals surface area (Å²) < 4.78 is 32.5. The fraction of sp³-hybridized carbons (Fsp3) is 0.429. The van der Waals surface area contributed by atoms with E-state index in [9.17, 15) is 18.0 Å². The summed E-state index contributed by atoms with van der Waals surface area (Å²) in [5, 5.41) is 2.54. The molecule has 1 saturated carbocycles. The maximum Gasteiger partial charge on any atom is 0.331 e. The normalized spacial score (nSPS) is 15.8. The average molecular weight is 421 g/mol. The molecule has 0 heterocycles. The number of amides is 1. The predicted octanol–water partition coefficient (Wildman–Crippen LogP) is 3.25. The lowest BCUT2D eigenvalue weighted by molar-refractivity contribution is -0.142. The molecule has 0 aromatic heterocycles. The first-order valence-corrected chi connectivity index (χ1v) is 11.1. The lowest BCUT2D eigenvalue weighted by atomic mass is 9.96. The topological polar surface area (TPSA) is 92.8 Å². The van der Waals surface area contributed by atoms with Crippen LogP contribution in [0.5, 0.6) is 0 Å². The smallest absolute Gasteiger partial charge is 0.331 e. The van der Waals surface area contributed by atoms with Crippen LogP contribution in [0.25, 0.3) is 0 Å². The van der Waals surface area contributed by atoms with Gasteiger partial charge >= 0.3 is 5.97 Å². The van der Waals surface area contributed by atoms with Crippen molar-refractivity contribution in [2.45, 2.75) is 50.0 Å². The van der Waals surface area contributed by atoms with E-state index in [-0.39, 0.29) is 16.6 Å². The van der Waals surface area contributed by atoms with Crippen molar-refractivity contribution in [3.63, 3.8) is 0 Å². The lowest BCUT2D eigenvalue weighted by Gasteiger charge is -2.30. The van der Waals surface area contributed by atoms with Crippen LogP contribution in [0.2, 0.25) is 0 Å². The van der Waals surface area contributed by atoms with Gasteiger partial charge in [-0.05, 0) is 31.9 Å². The van der Waals surface area contributed by atoms with Crippen LogP contribution in [0.15, 0.2) is 53.5 Å². The number of anilines is 1. The molecule has 0 spiro atoms. The van der Waals surface area contributed by atoms with Gasteiger partial charge in [0.1, 0.15) is 4.90 Å². The summed E-state index contributed by atoms with van der Waals surface area (Å²) in [4.78, 5) is 23.7. The van der Waals surface area contributed by atoms with E-state index in [0.29, 0.717) is 0 Å². The Hall–Kier alpha value is -2.45. The monoisotopic (exact) mass is 420 g/mol. The van der Waals surface area contributed by atoms with Crippen molar-refractivity contribution in [3.05, 3.63) is 48.6 Å². The maximum atomic E-state index is 13.1. The second-order valence-corrected chi connectivity index (χ2v) is 8.82. The zero-order valence-corrected chi connectivity index (χ0v) is 17.7. The number of hydrogen-bond donors (Lipinski definition) is 1. The van der Waals surface area contributed by atoms with Crippen molar-refractivity contribution in [2.24, 2.45) is 0 Å². The fourth-order valence-electron chi connectivity index (χ4n) is 3.21. The van der Waals surface area contributed by atoms with Gasteiger partial charge in [0, 0.05) is 19.2 Å². The summed E-state index contributed by atoms with van der Waals surface area (Å²) in [6.07, 6.45) is 10.9. The third-order valence-corrected chi connectivity index (χ3v) is 6.76. The zero-order chi connectivity index (χ0) is 21.3. The molecule has 7 nitrogen and oxygen atoms in total. The summed E-state index contributed by atoms with van der Waals surface area (Å²) in [7, 11) is -2.18. The standard InChI is InChI=1S/C21H28N2O5S/c1-3-4-6-15-21(25)28-16-20(24)22-18-13-9-10-14-19(18)29(26,27)23(2)17-11-7-5-8-12-17/h3-4,6,9-10,13-15,17H,5,7-8,11-12,16H2,1-2H3,(H,22,24)/b4-3+,15-6-. The molecular formula is C21H28N2O5S. The number of carbonyl (C=O) groups excluding carboxylic acids is 2. The van der Waals surface area contributed by atoms with E-state index in [0.717, 1.165) is 32.1 Å². The van der Waals surface area contributed by atoms with Gasteiger partial charge < -0.3 is 10.1 Å². The van der Waals surface area contributed by atoms with Crippen LogP contribution in [0.3, 0.4) is 0 Å². The molecule has 0 bridgehead atoms. The van der Waals surface area contributed by atoms with E-state index < -0.39 is 28.5 Å². The number of ether oxygens (including phenoxy) is 1. The quantitative estimate of drug-likeness (QED) is 0.396. The number of nitrogens with one attached hydrogen (secondary N) is 1. The minimum Gasteiger partial charge on any atom is -0.452 e. The highest BCUT2D eigenvalue weighted by Gasteiger charge is 2.31. The molecule has 29 heavy (non-hydrogen) atoms. The van der Waals surface area contributed by atoms with E-state index >= 15 is 0 Å². The third kappa shape index (κ3) is 6.54. The Morgan fingerprint density at radius 1 is 1.17 bits per heavy atom. The number of esters is 1. The van der Waals surface area contributed by atoms with E-state index in [2.05, 4.69) is 5.32 Å². The highest BCUT2D eigenvalue weighted by atomic mass is 32.2. The number of nitrogens with zero attached hydrogens (tertiary/aromatic N) is 1. The van der Waals surface area contributed by atoms with E-state index in [1.807, 2.05) is 0 Å². The molecule has 0 saturated heterocycles. The van der Waals surface area contributed by atoms with Crippen molar-refractivity contribution in [1.29, 1.82) is 0 Å². The van der Waals surface area contributed by atoms with Gasteiger partial charge in [-0.2, -0.15) is 4.31 Å². The minimum absolute atomic E-state index is 0.0285. The maximum absolute atomic E-state index is 13.1. The van der Waals surface area contributed by atoms with Crippen molar-refractivity contribution in [2.75, 3.05) is 19.0 Å². The first-order chi connectivity index (χ1) is 13.9. The van der Waals surface area contributed by atoms with Crippen molar-refractivity contribution in [3.8, 4) is 0 Å². The zero-order valence-electron chi connectivity index (χ0n) is 16.8. The Morgan fingerprint density at radius 3 is 2.55 bits per heavy atom. The molecule has 1 aliphatic carbocycles. The van der Waals surface area contributed by atoms with Crippen molar-refractivity contribution < 1.29 is 22.7 Å². The van der Waals surface area contributed by atoms with Gasteiger partial charge in [-0.1, -0.05) is 49.6 Å². The van der Waals surface area contributed by atoms with Crippen molar-refractivity contribution >= 4 is 27.6 Å². The van der Waals surface area contributed by atoms with Crippen molar-refractivity contribution in [1.82, 2.24) is 4.31 Å². The number of allylic oxidation sites excluding steroid dienone is 3. The Labute approximate surface area is 172 Å². The molecule has 1 N–H and O–H groups in total. The molecule has 1 aromatic carbocycles. The number of rotatable bonds is 8. The predicted molar refractivity (Wildman–Crippen MR) is 112 cm³/mol. The van der Waals surface area contributed by atoms with Gasteiger partial charge in [0.05, 0.1) is 5.69 Å². The molecule has 158 valence electrons. The van der Waals surface area contributed by atoms with Crippen LogP contribution >= 0.6 is 0 Å². The number of carbonyl (C=O) groups is 2. The first-order valence-electron chi connectivity index (χ1n) is 9.69. The molecule has 1 aromatic rings. The second-order valence-electron chi connectivity index (χ2n) is 6.85. The molecule has 0 aliphatic heterocycles. The summed E-state index contributed by atoms with van der Waals surface area (Å²) >= 11 is 0. The molecule has 1 amide bonds. The first kappa shape index (κ1) is 22.8. The lowest BCUT2D eigenvalue weighted by Crippen LogP contribution is -2.38. The minimum atomic E-state index is -3.77. The van der Waals surface area contributed by atoms with Gasteiger partial charge in [0.2, 0.25) is 10.0 Å². The van der Waals surface area contributed by atoms with Gasteiger partial charge in [-0.25, -0.2) is 13.2 Å². The number of benzene rings is 1. The Balaban J connectivity index is 2.07. The molecule has 8 heteroatoms. The number of sulfonamides is 1. The molecule has 0 radical (unpaired) electrons. The van der Waals surface area contributed by atoms with Crippen LogP contribution in [-0.4, -0.2) is 44.3 Å². The van der Waals surface area contributed by atoms with Crippen LogP contribution in [0, 0.1) is 0 Å². The molecule has 0 atom stereocenters. The van der Waals surface area contributed by atoms with Gasteiger partial charge in [0.15, 0.2) is 6.61 Å². The Morgan fingerprint density at radius 2 is 1.86 bits per heavy atom. The van der Waals surface area contributed by atoms with Gasteiger partial charge in [-0.3, -0.25) is 4.79 Å². The summed E-state index contributed by atoms with van der Waals surface area (Å²) in [6, 6.07) is 6.20. The SMILES string of the molecule is C/C=C/C=C\C(=O)OCC(=O)Nc1ccccc1S(=O)(=O)N(C)C1CCCCC1. The van der Waals surface area contributed by atoms with E-state index in [1.165, 1.54) is 28.6 Å². The molecule has 2 rings (SSSR count). The molecule has 1 aliphatic rings. The van der Waals surface area contributed by atoms with Crippen LogP contribution < -0.4 is 5.32 Å². The highest BCUT2D eigenvalue weighted by Crippen LogP contribution is 2.29. The largest absolute Gasteiger partial charge is 0.452 e. The van der Waals surface area contributed by atoms with Gasteiger partial charge in [-0.15, -0.1) is 0 Å². The Kier molecular flexibility index (Phi) is 8.60. The van der Waals surface area contributed by atoms with E-state index in [1.54, 1.807) is 38.3 Å². The summed E-state index contributed by atoms with van der Waals surface area (Å²) in [5.74, 6) is -1.27. The summed E-state index contributed by atoms with van der Waals surface area (Å²) in [5.41, 5.74) is 0.167. The second kappa shape index (κ2) is 10.9.